The monoisotopic (exact) mass is 337 g/mol. The molecule has 2 unspecified atom stereocenters. The van der Waals surface area contributed by atoms with E-state index in [4.69, 9.17) is 4.18 Å². The Morgan fingerprint density at radius 2 is 1.91 bits per heavy atom. The van der Waals surface area contributed by atoms with E-state index in [9.17, 15) is 21.6 Å². The molecule has 0 radical (unpaired) electrons. The molecule has 0 bridgehead atoms. The first-order valence-electron chi connectivity index (χ1n) is 6.90. The number of piperidine rings is 1. The second-order valence-corrected chi connectivity index (χ2v) is 7.13. The molecule has 0 aliphatic carbocycles. The average Bonchev–Trinajstić information content (AvgIpc) is 2.45. The number of hydrogen-bond acceptors (Lipinski definition) is 4. The molecule has 0 spiro atoms. The largest absolute Gasteiger partial charge is 0.392 e. The summed E-state index contributed by atoms with van der Waals surface area (Å²) in [5, 5.41) is 0. The van der Waals surface area contributed by atoms with Crippen LogP contribution in [0.1, 0.15) is 6.42 Å². The van der Waals surface area contributed by atoms with Gasteiger partial charge >= 0.3 is 6.18 Å². The number of hydrogen-bond donors (Lipinski definition) is 0. The standard InChI is InChI=1S/C14H18F3NO3S/c1-18-8-7-13(14(15,16)17)11(9-18)10-21-22(19,20)12-5-3-2-4-6-12/h2-6,11,13H,7-10H2,1H3. The van der Waals surface area contributed by atoms with Crippen molar-refractivity contribution in [2.24, 2.45) is 11.8 Å². The van der Waals surface area contributed by atoms with Gasteiger partial charge < -0.3 is 4.90 Å². The lowest BCUT2D eigenvalue weighted by atomic mass is 9.86. The van der Waals surface area contributed by atoms with Crippen molar-refractivity contribution < 1.29 is 25.8 Å². The van der Waals surface area contributed by atoms with Gasteiger partial charge in [0.05, 0.1) is 17.4 Å². The lowest BCUT2D eigenvalue weighted by Crippen LogP contribution is -2.46. The van der Waals surface area contributed by atoms with Crippen LogP contribution in [0, 0.1) is 11.8 Å². The Balaban J connectivity index is 2.08. The highest BCUT2D eigenvalue weighted by Gasteiger charge is 2.46. The average molecular weight is 337 g/mol. The highest BCUT2D eigenvalue weighted by atomic mass is 32.2. The van der Waals surface area contributed by atoms with Gasteiger partial charge in [-0.15, -0.1) is 0 Å². The molecule has 0 amide bonds. The van der Waals surface area contributed by atoms with Gasteiger partial charge in [-0.25, -0.2) is 0 Å². The first kappa shape index (κ1) is 17.2. The molecule has 1 aromatic rings. The summed E-state index contributed by atoms with van der Waals surface area (Å²) >= 11 is 0. The number of halogens is 3. The minimum atomic E-state index is -4.34. The van der Waals surface area contributed by atoms with Crippen LogP contribution in [0.3, 0.4) is 0 Å². The van der Waals surface area contributed by atoms with E-state index in [1.807, 2.05) is 0 Å². The molecule has 0 aromatic heterocycles. The van der Waals surface area contributed by atoms with Crippen LogP contribution in [-0.4, -0.2) is 46.2 Å². The van der Waals surface area contributed by atoms with Crippen molar-refractivity contribution in [1.29, 1.82) is 0 Å². The third kappa shape index (κ3) is 4.21. The molecule has 0 N–H and O–H groups in total. The van der Waals surface area contributed by atoms with Gasteiger partial charge in [0, 0.05) is 12.5 Å². The number of rotatable bonds is 4. The first-order valence-corrected chi connectivity index (χ1v) is 8.31. The third-order valence-electron chi connectivity index (χ3n) is 3.83. The summed E-state index contributed by atoms with van der Waals surface area (Å²) in [5.74, 6) is -2.42. The molecule has 1 fully saturated rings. The van der Waals surface area contributed by atoms with E-state index < -0.39 is 34.7 Å². The van der Waals surface area contributed by atoms with Crippen molar-refractivity contribution >= 4 is 10.1 Å². The highest BCUT2D eigenvalue weighted by Crippen LogP contribution is 2.38. The van der Waals surface area contributed by atoms with Crippen LogP contribution in [0.2, 0.25) is 0 Å². The van der Waals surface area contributed by atoms with Crippen LogP contribution in [-0.2, 0) is 14.3 Å². The Bertz CT molecular complexity index is 589. The van der Waals surface area contributed by atoms with E-state index in [-0.39, 0.29) is 17.9 Å². The summed E-state index contributed by atoms with van der Waals surface area (Å²) in [6.45, 7) is 0.0341. The summed E-state index contributed by atoms with van der Waals surface area (Å²) < 4.78 is 68.0. The predicted octanol–water partition coefficient (Wildman–Crippen LogP) is 2.52. The van der Waals surface area contributed by atoms with Gasteiger partial charge in [0.25, 0.3) is 10.1 Å². The lowest BCUT2D eigenvalue weighted by Gasteiger charge is -2.37. The van der Waals surface area contributed by atoms with Gasteiger partial charge in [-0.3, -0.25) is 4.18 Å². The number of nitrogens with zero attached hydrogens (tertiary/aromatic N) is 1. The van der Waals surface area contributed by atoms with E-state index in [0.717, 1.165) is 0 Å². The van der Waals surface area contributed by atoms with Crippen LogP contribution >= 0.6 is 0 Å². The minimum Gasteiger partial charge on any atom is -0.306 e. The first-order chi connectivity index (χ1) is 10.2. The number of benzene rings is 1. The molecular weight excluding hydrogens is 319 g/mol. The number of alkyl halides is 3. The Morgan fingerprint density at radius 1 is 1.27 bits per heavy atom. The third-order valence-corrected chi connectivity index (χ3v) is 5.12. The van der Waals surface area contributed by atoms with Crippen LogP contribution in [0.15, 0.2) is 35.2 Å². The second kappa shape index (κ2) is 6.55. The smallest absolute Gasteiger partial charge is 0.306 e. The van der Waals surface area contributed by atoms with Gasteiger partial charge in [0.15, 0.2) is 0 Å². The van der Waals surface area contributed by atoms with Crippen molar-refractivity contribution in [2.45, 2.75) is 17.5 Å². The fraction of sp³-hybridized carbons (Fsp3) is 0.571. The van der Waals surface area contributed by atoms with E-state index >= 15 is 0 Å². The lowest BCUT2D eigenvalue weighted by molar-refractivity contribution is -0.202. The van der Waals surface area contributed by atoms with Crippen molar-refractivity contribution in [3.63, 3.8) is 0 Å². The molecule has 1 heterocycles. The quantitative estimate of drug-likeness (QED) is 0.792. The summed E-state index contributed by atoms with van der Waals surface area (Å²) in [7, 11) is -2.32. The Hall–Kier alpha value is -1.12. The summed E-state index contributed by atoms with van der Waals surface area (Å²) in [6.07, 6.45) is -4.38. The molecule has 1 aliphatic heterocycles. The van der Waals surface area contributed by atoms with Crippen molar-refractivity contribution in [3.05, 3.63) is 30.3 Å². The van der Waals surface area contributed by atoms with Gasteiger partial charge in [0.1, 0.15) is 0 Å². The van der Waals surface area contributed by atoms with Crippen LogP contribution in [0.4, 0.5) is 13.2 Å². The van der Waals surface area contributed by atoms with Crippen LogP contribution in [0.25, 0.3) is 0 Å². The van der Waals surface area contributed by atoms with E-state index in [2.05, 4.69) is 0 Å². The zero-order valence-corrected chi connectivity index (χ0v) is 12.9. The van der Waals surface area contributed by atoms with Gasteiger partial charge in [-0.05, 0) is 32.1 Å². The molecule has 1 aliphatic rings. The molecular formula is C14H18F3NO3S. The Kier molecular flexibility index (Phi) is 5.14. The van der Waals surface area contributed by atoms with Gasteiger partial charge in [-0.2, -0.15) is 21.6 Å². The summed E-state index contributed by atoms with van der Waals surface area (Å²) in [5.41, 5.74) is 0. The van der Waals surface area contributed by atoms with E-state index in [1.54, 1.807) is 18.0 Å². The molecule has 124 valence electrons. The van der Waals surface area contributed by atoms with Crippen LogP contribution in [0.5, 0.6) is 0 Å². The van der Waals surface area contributed by atoms with Crippen molar-refractivity contribution in [2.75, 3.05) is 26.7 Å². The Morgan fingerprint density at radius 3 is 2.50 bits per heavy atom. The summed E-state index contributed by atoms with van der Waals surface area (Å²) in [6, 6.07) is 7.41. The van der Waals surface area contributed by atoms with E-state index in [0.29, 0.717) is 6.54 Å². The molecule has 22 heavy (non-hydrogen) atoms. The predicted molar refractivity (Wildman–Crippen MR) is 74.7 cm³/mol. The molecule has 2 rings (SSSR count). The summed E-state index contributed by atoms with van der Waals surface area (Å²) in [4.78, 5) is 1.70. The zero-order valence-electron chi connectivity index (χ0n) is 12.1. The van der Waals surface area contributed by atoms with Crippen molar-refractivity contribution in [3.8, 4) is 0 Å². The highest BCUT2D eigenvalue weighted by molar-refractivity contribution is 7.86. The molecule has 1 saturated heterocycles. The molecule has 0 saturated carbocycles. The zero-order chi connectivity index (χ0) is 16.4. The normalized spacial score (nSPS) is 24.4. The van der Waals surface area contributed by atoms with Crippen molar-refractivity contribution in [1.82, 2.24) is 4.90 Å². The topological polar surface area (TPSA) is 46.6 Å². The molecule has 8 heteroatoms. The fourth-order valence-corrected chi connectivity index (χ4v) is 3.63. The fourth-order valence-electron chi connectivity index (χ4n) is 2.65. The van der Waals surface area contributed by atoms with E-state index in [1.165, 1.54) is 24.3 Å². The maximum absolute atomic E-state index is 13.0. The second-order valence-electron chi connectivity index (χ2n) is 5.51. The minimum absolute atomic E-state index is 0.0423. The molecule has 2 atom stereocenters. The molecule has 1 aromatic carbocycles. The number of likely N-dealkylation sites (tertiary alicyclic amines) is 1. The Labute approximate surface area is 128 Å². The molecule has 4 nitrogen and oxygen atoms in total. The van der Waals surface area contributed by atoms with Crippen LogP contribution < -0.4 is 0 Å². The SMILES string of the molecule is CN1CCC(C(F)(F)F)C(COS(=O)(=O)c2ccccc2)C1. The maximum Gasteiger partial charge on any atom is 0.392 e. The van der Waals surface area contributed by atoms with Gasteiger partial charge in [-0.1, -0.05) is 18.2 Å². The maximum atomic E-state index is 13.0. The van der Waals surface area contributed by atoms with Gasteiger partial charge in [0.2, 0.25) is 0 Å².